The number of hydrogen-bond donors (Lipinski definition) is 0. The van der Waals surface area contributed by atoms with E-state index in [1.165, 1.54) is 17.5 Å². The van der Waals surface area contributed by atoms with Gasteiger partial charge in [0.15, 0.2) is 0 Å². The molecule has 0 radical (unpaired) electrons. The van der Waals surface area contributed by atoms with Crippen molar-refractivity contribution in [2.75, 3.05) is 20.6 Å². The van der Waals surface area contributed by atoms with Gasteiger partial charge < -0.3 is 9.80 Å². The maximum absolute atomic E-state index is 13.3. The summed E-state index contributed by atoms with van der Waals surface area (Å²) in [5.74, 6) is 0.122. The average Bonchev–Trinajstić information content (AvgIpc) is 3.02. The zero-order valence-electron chi connectivity index (χ0n) is 17.1. The van der Waals surface area contributed by atoms with Gasteiger partial charge in [-0.3, -0.25) is 9.48 Å². The maximum Gasteiger partial charge on any atom is 0.257 e. The Morgan fingerprint density at radius 2 is 1.96 bits per heavy atom. The summed E-state index contributed by atoms with van der Waals surface area (Å²) >= 11 is 0. The molecule has 1 fully saturated rings. The minimum absolute atomic E-state index is 0.122. The quantitative estimate of drug-likeness (QED) is 0.773. The highest BCUT2D eigenvalue weighted by atomic mass is 16.2. The number of amides is 1. The van der Waals surface area contributed by atoms with Crippen LogP contribution in [0.1, 0.15) is 65.8 Å². The first-order valence-electron chi connectivity index (χ1n) is 10.1. The predicted molar refractivity (Wildman–Crippen MR) is 109 cm³/mol. The van der Waals surface area contributed by atoms with Crippen LogP contribution >= 0.6 is 0 Å². The maximum atomic E-state index is 13.3. The molecule has 0 unspecified atom stereocenters. The first-order valence-corrected chi connectivity index (χ1v) is 10.1. The summed E-state index contributed by atoms with van der Waals surface area (Å²) < 4.78 is 1.95. The van der Waals surface area contributed by atoms with Crippen LogP contribution in [0.4, 0.5) is 0 Å². The van der Waals surface area contributed by atoms with E-state index in [9.17, 15) is 4.79 Å². The van der Waals surface area contributed by atoms with Gasteiger partial charge in [-0.25, -0.2) is 0 Å². The molecule has 3 rings (SSSR count). The predicted octanol–water partition coefficient (Wildman–Crippen LogP) is 4.03. The second-order valence-electron chi connectivity index (χ2n) is 7.86. The summed E-state index contributed by atoms with van der Waals surface area (Å²) in [7, 11) is 4.16. The van der Waals surface area contributed by atoms with Gasteiger partial charge in [0.25, 0.3) is 5.91 Å². The van der Waals surface area contributed by atoms with Crippen molar-refractivity contribution in [1.29, 1.82) is 0 Å². The minimum atomic E-state index is 0.122. The first kappa shape index (κ1) is 19.6. The summed E-state index contributed by atoms with van der Waals surface area (Å²) in [6, 6.07) is 8.94. The van der Waals surface area contributed by atoms with Crippen molar-refractivity contribution >= 4 is 5.91 Å². The topological polar surface area (TPSA) is 41.4 Å². The fourth-order valence-electron chi connectivity index (χ4n) is 3.98. The highest BCUT2D eigenvalue weighted by molar-refractivity contribution is 5.95. The summed E-state index contributed by atoms with van der Waals surface area (Å²) in [5, 5.41) is 4.42. The van der Waals surface area contributed by atoms with Crippen LogP contribution in [0.25, 0.3) is 0 Å². The Balaban J connectivity index is 1.82. The Morgan fingerprint density at radius 3 is 2.63 bits per heavy atom. The van der Waals surface area contributed by atoms with Crippen LogP contribution in [0.15, 0.2) is 30.5 Å². The molecule has 0 saturated carbocycles. The van der Waals surface area contributed by atoms with E-state index in [0.717, 1.165) is 50.2 Å². The second kappa shape index (κ2) is 8.70. The molecular weight excluding hydrogens is 336 g/mol. The van der Waals surface area contributed by atoms with E-state index in [2.05, 4.69) is 60.2 Å². The molecule has 1 aliphatic rings. The molecule has 1 amide bonds. The number of carbonyl (C=O) groups excluding carboxylic acids is 1. The molecule has 2 aromatic rings. The molecule has 1 aliphatic heterocycles. The van der Waals surface area contributed by atoms with Crippen molar-refractivity contribution in [2.45, 2.75) is 58.7 Å². The van der Waals surface area contributed by atoms with Gasteiger partial charge in [0.2, 0.25) is 0 Å². The van der Waals surface area contributed by atoms with Crippen molar-refractivity contribution < 1.29 is 4.79 Å². The number of aryl methyl sites for hydroxylation is 1. The Bertz CT molecular complexity index is 763. The standard InChI is InChI=1S/C22H32N4O/c1-5-13-26-17(2)20(15-23-26)22(27)25-14-7-6-8-21(25)19-11-9-18(10-12-19)16-24(3)4/h9-12,15,21H,5-8,13-14,16H2,1-4H3/t21-/m0/s1. The smallest absolute Gasteiger partial charge is 0.257 e. The van der Waals surface area contributed by atoms with Gasteiger partial charge in [-0.05, 0) is 57.8 Å². The van der Waals surface area contributed by atoms with Gasteiger partial charge >= 0.3 is 0 Å². The Kier molecular flexibility index (Phi) is 6.32. The zero-order valence-corrected chi connectivity index (χ0v) is 17.1. The summed E-state index contributed by atoms with van der Waals surface area (Å²) in [6.45, 7) is 6.74. The third-order valence-electron chi connectivity index (χ3n) is 5.40. The summed E-state index contributed by atoms with van der Waals surface area (Å²) in [4.78, 5) is 17.5. The van der Waals surface area contributed by atoms with E-state index in [0.29, 0.717) is 0 Å². The number of rotatable bonds is 6. The van der Waals surface area contributed by atoms with E-state index in [4.69, 9.17) is 0 Å². The zero-order chi connectivity index (χ0) is 19.4. The summed E-state index contributed by atoms with van der Waals surface area (Å²) in [6.07, 6.45) is 6.03. The fraction of sp³-hybridized carbons (Fsp3) is 0.545. The Hall–Kier alpha value is -2.14. The third kappa shape index (κ3) is 4.41. The van der Waals surface area contributed by atoms with Crippen LogP contribution < -0.4 is 0 Å². The van der Waals surface area contributed by atoms with E-state index >= 15 is 0 Å². The van der Waals surface area contributed by atoms with E-state index < -0.39 is 0 Å². The Morgan fingerprint density at radius 1 is 1.22 bits per heavy atom. The highest BCUT2D eigenvalue weighted by Crippen LogP contribution is 2.32. The van der Waals surface area contributed by atoms with Gasteiger partial charge in [0, 0.05) is 25.3 Å². The molecule has 2 heterocycles. The average molecular weight is 369 g/mol. The molecule has 0 N–H and O–H groups in total. The van der Waals surface area contributed by atoms with Gasteiger partial charge in [-0.1, -0.05) is 31.2 Å². The number of hydrogen-bond acceptors (Lipinski definition) is 3. The minimum Gasteiger partial charge on any atom is -0.332 e. The molecule has 1 aromatic heterocycles. The van der Waals surface area contributed by atoms with Crippen molar-refractivity contribution in [2.24, 2.45) is 0 Å². The van der Waals surface area contributed by atoms with Crippen LogP contribution in [0.5, 0.6) is 0 Å². The number of piperidine rings is 1. The molecule has 5 heteroatoms. The molecule has 146 valence electrons. The monoisotopic (exact) mass is 368 g/mol. The lowest BCUT2D eigenvalue weighted by atomic mass is 9.93. The number of aromatic nitrogens is 2. The molecule has 27 heavy (non-hydrogen) atoms. The fourth-order valence-corrected chi connectivity index (χ4v) is 3.98. The Labute approximate surface area is 163 Å². The van der Waals surface area contributed by atoms with E-state index in [-0.39, 0.29) is 11.9 Å². The first-order chi connectivity index (χ1) is 13.0. The number of benzene rings is 1. The van der Waals surface area contributed by atoms with Gasteiger partial charge in [-0.2, -0.15) is 5.10 Å². The van der Waals surface area contributed by atoms with Crippen LogP contribution in [0.2, 0.25) is 0 Å². The highest BCUT2D eigenvalue weighted by Gasteiger charge is 2.30. The lowest BCUT2D eigenvalue weighted by Gasteiger charge is -2.36. The van der Waals surface area contributed by atoms with Crippen LogP contribution in [0, 0.1) is 6.92 Å². The van der Waals surface area contributed by atoms with Crippen LogP contribution in [0.3, 0.4) is 0 Å². The van der Waals surface area contributed by atoms with Crippen molar-refractivity contribution in [3.8, 4) is 0 Å². The number of nitrogens with zero attached hydrogens (tertiary/aromatic N) is 4. The molecule has 1 saturated heterocycles. The molecule has 0 aliphatic carbocycles. The molecule has 1 atom stereocenters. The van der Waals surface area contributed by atoms with Crippen molar-refractivity contribution in [3.05, 3.63) is 52.8 Å². The molecule has 0 bridgehead atoms. The lowest BCUT2D eigenvalue weighted by Crippen LogP contribution is -2.38. The van der Waals surface area contributed by atoms with Crippen molar-refractivity contribution in [3.63, 3.8) is 0 Å². The van der Waals surface area contributed by atoms with Crippen molar-refractivity contribution in [1.82, 2.24) is 19.6 Å². The molecular formula is C22H32N4O. The lowest BCUT2D eigenvalue weighted by molar-refractivity contribution is 0.0610. The van der Waals surface area contributed by atoms with E-state index in [1.54, 1.807) is 6.20 Å². The number of carbonyl (C=O) groups is 1. The second-order valence-corrected chi connectivity index (χ2v) is 7.86. The normalized spacial score (nSPS) is 17.5. The van der Waals surface area contributed by atoms with Crippen LogP contribution in [-0.2, 0) is 13.1 Å². The SMILES string of the molecule is CCCn1ncc(C(=O)N2CCCC[C@H]2c2ccc(CN(C)C)cc2)c1C. The molecule has 5 nitrogen and oxygen atoms in total. The number of likely N-dealkylation sites (tertiary alicyclic amines) is 1. The van der Waals surface area contributed by atoms with Gasteiger partial charge in [0.05, 0.1) is 17.8 Å². The largest absolute Gasteiger partial charge is 0.332 e. The third-order valence-corrected chi connectivity index (χ3v) is 5.40. The van der Waals surface area contributed by atoms with Gasteiger partial charge in [0.1, 0.15) is 0 Å². The molecule has 1 aromatic carbocycles. The van der Waals surface area contributed by atoms with Gasteiger partial charge in [-0.15, -0.1) is 0 Å². The summed E-state index contributed by atoms with van der Waals surface area (Å²) in [5.41, 5.74) is 4.27. The van der Waals surface area contributed by atoms with E-state index in [1.807, 2.05) is 11.6 Å². The molecule has 0 spiro atoms. The van der Waals surface area contributed by atoms with Crippen LogP contribution in [-0.4, -0.2) is 46.1 Å².